The highest BCUT2D eigenvalue weighted by atomic mass is 32.2. The third-order valence-electron chi connectivity index (χ3n) is 4.75. The average molecular weight is 440 g/mol. The molecule has 0 unspecified atom stereocenters. The summed E-state index contributed by atoms with van der Waals surface area (Å²) in [5.41, 5.74) is 6.60. The van der Waals surface area contributed by atoms with Crippen LogP contribution in [-0.2, 0) is 36.9 Å². The van der Waals surface area contributed by atoms with Crippen LogP contribution in [0, 0.1) is 6.92 Å². The van der Waals surface area contributed by atoms with Crippen molar-refractivity contribution in [2.45, 2.75) is 37.0 Å². The molecule has 3 rings (SSSR count). The fraction of sp³-hybridized carbons (Fsp3) is 0.208. The first-order valence-corrected chi connectivity index (χ1v) is 11.3. The van der Waals surface area contributed by atoms with Gasteiger partial charge in [0.15, 0.2) is 0 Å². The first-order chi connectivity index (χ1) is 14.8. The first-order valence-electron chi connectivity index (χ1n) is 9.85. The van der Waals surface area contributed by atoms with Gasteiger partial charge < -0.3 is 4.74 Å². The largest absolute Gasteiger partial charge is 0.458 e. The predicted molar refractivity (Wildman–Crippen MR) is 117 cm³/mol. The molecule has 0 aliphatic heterocycles. The lowest BCUT2D eigenvalue weighted by Gasteiger charge is -2.27. The van der Waals surface area contributed by atoms with E-state index in [4.69, 9.17) is 14.7 Å². The Morgan fingerprint density at radius 2 is 1.42 bits per heavy atom. The number of carbonyl (C=O) groups excluding carboxylic acids is 1. The SMILES string of the molecule is Cc1ccc(S(=O)(=O)O[C@@](N)(CCc2ccccc2)C(=O)OCc2ccccc2)cc1. The number of ether oxygens (including phenoxy) is 1. The molecule has 6 nitrogen and oxygen atoms in total. The Balaban J connectivity index is 1.81. The highest BCUT2D eigenvalue weighted by Gasteiger charge is 2.42. The Morgan fingerprint density at radius 1 is 0.871 bits per heavy atom. The van der Waals surface area contributed by atoms with Crippen LogP contribution < -0.4 is 5.73 Å². The lowest BCUT2D eigenvalue weighted by atomic mass is 10.0. The van der Waals surface area contributed by atoms with Crippen molar-refractivity contribution < 1.29 is 22.1 Å². The van der Waals surface area contributed by atoms with E-state index >= 15 is 0 Å². The minimum Gasteiger partial charge on any atom is -0.458 e. The van der Waals surface area contributed by atoms with Crippen LogP contribution in [0.1, 0.15) is 23.1 Å². The van der Waals surface area contributed by atoms with Crippen LogP contribution >= 0.6 is 0 Å². The molecule has 0 fully saturated rings. The van der Waals surface area contributed by atoms with E-state index < -0.39 is 21.8 Å². The van der Waals surface area contributed by atoms with Gasteiger partial charge in [0.25, 0.3) is 10.1 Å². The number of nitrogens with two attached hydrogens (primary N) is 1. The zero-order valence-corrected chi connectivity index (χ0v) is 18.0. The second kappa shape index (κ2) is 9.87. The normalized spacial score (nSPS) is 13.4. The molecule has 0 aliphatic rings. The lowest BCUT2D eigenvalue weighted by Crippen LogP contribution is -2.53. The summed E-state index contributed by atoms with van der Waals surface area (Å²) in [6.07, 6.45) is 0.261. The van der Waals surface area contributed by atoms with Gasteiger partial charge in [-0.2, -0.15) is 8.42 Å². The molecule has 0 saturated heterocycles. The van der Waals surface area contributed by atoms with Crippen LogP contribution in [0.4, 0.5) is 0 Å². The molecule has 0 heterocycles. The van der Waals surface area contributed by atoms with Crippen molar-refractivity contribution in [3.63, 3.8) is 0 Å². The fourth-order valence-corrected chi connectivity index (χ4v) is 4.06. The van der Waals surface area contributed by atoms with Crippen LogP contribution in [-0.4, -0.2) is 20.1 Å². The number of hydrogen-bond donors (Lipinski definition) is 1. The maximum absolute atomic E-state index is 12.9. The summed E-state index contributed by atoms with van der Waals surface area (Å²) in [6.45, 7) is 1.79. The van der Waals surface area contributed by atoms with E-state index in [-0.39, 0.29) is 17.9 Å². The molecule has 3 aromatic carbocycles. The summed E-state index contributed by atoms with van der Waals surface area (Å²) < 4.78 is 36.3. The number of esters is 1. The number of aryl methyl sites for hydroxylation is 2. The van der Waals surface area contributed by atoms with Gasteiger partial charge in [0.05, 0.1) is 4.90 Å². The number of benzene rings is 3. The van der Waals surface area contributed by atoms with Crippen LogP contribution in [0.3, 0.4) is 0 Å². The monoisotopic (exact) mass is 439 g/mol. The van der Waals surface area contributed by atoms with Crippen molar-refractivity contribution in [2.75, 3.05) is 0 Å². The molecule has 2 N–H and O–H groups in total. The van der Waals surface area contributed by atoms with E-state index in [9.17, 15) is 13.2 Å². The van der Waals surface area contributed by atoms with Crippen LogP contribution in [0.2, 0.25) is 0 Å². The van der Waals surface area contributed by atoms with Gasteiger partial charge in [-0.25, -0.2) is 8.98 Å². The minimum atomic E-state index is -4.29. The molecular weight excluding hydrogens is 414 g/mol. The standard InChI is InChI=1S/C24H25NO5S/c1-19-12-14-22(15-13-19)31(27,28)30-24(25,17-16-20-8-4-2-5-9-20)23(26)29-18-21-10-6-3-7-11-21/h2-15H,16-18,25H2,1H3/t24-/m0/s1. The summed E-state index contributed by atoms with van der Waals surface area (Å²) >= 11 is 0. The summed E-state index contributed by atoms with van der Waals surface area (Å²) in [5, 5.41) is 0. The van der Waals surface area contributed by atoms with Gasteiger partial charge in [0.2, 0.25) is 5.72 Å². The molecule has 3 aromatic rings. The Kier molecular flexibility index (Phi) is 7.22. The van der Waals surface area contributed by atoms with Gasteiger partial charge in [-0.05, 0) is 36.6 Å². The molecule has 0 bridgehead atoms. The van der Waals surface area contributed by atoms with Crippen molar-refractivity contribution in [2.24, 2.45) is 5.73 Å². The van der Waals surface area contributed by atoms with Gasteiger partial charge in [-0.3, -0.25) is 5.73 Å². The maximum Gasteiger partial charge on any atom is 0.355 e. The zero-order valence-electron chi connectivity index (χ0n) is 17.2. The van der Waals surface area contributed by atoms with Crippen molar-refractivity contribution in [1.82, 2.24) is 0 Å². The minimum absolute atomic E-state index is 0.0438. The van der Waals surface area contributed by atoms with E-state index in [0.29, 0.717) is 6.42 Å². The number of carbonyl (C=O) groups is 1. The first kappa shape index (κ1) is 22.7. The molecule has 162 valence electrons. The summed E-state index contributed by atoms with van der Waals surface area (Å²) in [4.78, 5) is 12.8. The van der Waals surface area contributed by atoms with Crippen LogP contribution in [0.15, 0.2) is 89.8 Å². The second-order valence-corrected chi connectivity index (χ2v) is 8.83. The topological polar surface area (TPSA) is 95.7 Å². The van der Waals surface area contributed by atoms with Crippen molar-refractivity contribution in [1.29, 1.82) is 0 Å². The van der Waals surface area contributed by atoms with E-state index in [1.807, 2.05) is 55.5 Å². The highest BCUT2D eigenvalue weighted by molar-refractivity contribution is 7.86. The summed E-state index contributed by atoms with van der Waals surface area (Å²) in [7, 11) is -4.29. The van der Waals surface area contributed by atoms with E-state index in [1.165, 1.54) is 12.1 Å². The van der Waals surface area contributed by atoms with E-state index in [1.54, 1.807) is 24.3 Å². The Labute approximate surface area is 182 Å². The Morgan fingerprint density at radius 3 is 2.00 bits per heavy atom. The summed E-state index contributed by atoms with van der Waals surface area (Å²) in [6, 6.07) is 24.5. The molecule has 7 heteroatoms. The molecular formula is C24H25NO5S. The molecule has 0 spiro atoms. The highest BCUT2D eigenvalue weighted by Crippen LogP contribution is 2.24. The fourth-order valence-electron chi connectivity index (χ4n) is 2.95. The Bertz CT molecular complexity index is 1100. The average Bonchev–Trinajstić information content (AvgIpc) is 2.77. The van der Waals surface area contributed by atoms with E-state index in [2.05, 4.69) is 0 Å². The quantitative estimate of drug-likeness (QED) is 0.310. The second-order valence-electron chi connectivity index (χ2n) is 7.29. The number of hydrogen-bond acceptors (Lipinski definition) is 6. The maximum atomic E-state index is 12.9. The molecule has 0 aromatic heterocycles. The zero-order chi connectivity index (χ0) is 22.3. The smallest absolute Gasteiger partial charge is 0.355 e. The summed E-state index contributed by atoms with van der Waals surface area (Å²) in [5.74, 6) is -0.942. The van der Waals surface area contributed by atoms with Gasteiger partial charge in [0.1, 0.15) is 6.61 Å². The molecule has 0 amide bonds. The van der Waals surface area contributed by atoms with E-state index in [0.717, 1.165) is 16.7 Å². The van der Waals surface area contributed by atoms with Gasteiger partial charge in [0, 0.05) is 6.42 Å². The Hall–Kier alpha value is -3.00. The molecule has 1 atom stereocenters. The number of rotatable bonds is 9. The third-order valence-corrected chi connectivity index (χ3v) is 6.12. The van der Waals surface area contributed by atoms with Crippen LogP contribution in [0.5, 0.6) is 0 Å². The lowest BCUT2D eigenvalue weighted by molar-refractivity contribution is -0.163. The third kappa shape index (κ3) is 6.24. The molecule has 0 radical (unpaired) electrons. The van der Waals surface area contributed by atoms with Crippen molar-refractivity contribution in [3.8, 4) is 0 Å². The molecule has 0 saturated carbocycles. The molecule has 31 heavy (non-hydrogen) atoms. The van der Waals surface area contributed by atoms with Crippen LogP contribution in [0.25, 0.3) is 0 Å². The van der Waals surface area contributed by atoms with Gasteiger partial charge in [-0.15, -0.1) is 0 Å². The molecule has 0 aliphatic carbocycles. The van der Waals surface area contributed by atoms with Gasteiger partial charge in [-0.1, -0.05) is 78.4 Å². The van der Waals surface area contributed by atoms with Crippen molar-refractivity contribution >= 4 is 16.1 Å². The van der Waals surface area contributed by atoms with Crippen molar-refractivity contribution in [3.05, 3.63) is 102 Å². The van der Waals surface area contributed by atoms with Gasteiger partial charge >= 0.3 is 5.97 Å². The predicted octanol–water partition coefficient (Wildman–Crippen LogP) is 3.73.